The van der Waals surface area contributed by atoms with Gasteiger partial charge in [-0.25, -0.2) is 0 Å². The molecule has 8 atom stereocenters. The largest absolute Gasteiger partial charge is 1.00 e. The maximum Gasteiger partial charge on any atom is 1.00 e. The van der Waals surface area contributed by atoms with Crippen molar-refractivity contribution >= 4 is 35.2 Å². The molecule has 0 radical (unpaired) electrons. The fourth-order valence-electron chi connectivity index (χ4n) is 5.78. The first-order valence-corrected chi connectivity index (χ1v) is 15.8. The van der Waals surface area contributed by atoms with E-state index >= 15 is 0 Å². The van der Waals surface area contributed by atoms with E-state index in [1.54, 1.807) is 27.7 Å². The number of nitriles is 2. The van der Waals surface area contributed by atoms with Crippen molar-refractivity contribution in [3.8, 4) is 12.1 Å². The maximum atomic E-state index is 11.2. The summed E-state index contributed by atoms with van der Waals surface area (Å²) in [5.41, 5.74) is 3.30. The second-order valence-corrected chi connectivity index (χ2v) is 15.7. The third-order valence-electron chi connectivity index (χ3n) is 11.2. The van der Waals surface area contributed by atoms with Crippen molar-refractivity contribution in [1.82, 2.24) is 0 Å². The van der Waals surface area contributed by atoms with E-state index in [4.69, 9.17) is 26.5 Å². The van der Waals surface area contributed by atoms with Crippen LogP contribution in [0.3, 0.4) is 0 Å². The van der Waals surface area contributed by atoms with Gasteiger partial charge in [0.15, 0.2) is 0 Å². The fourth-order valence-corrected chi connectivity index (χ4v) is 5.78. The molecule has 13 nitrogen and oxygen atoms in total. The van der Waals surface area contributed by atoms with Gasteiger partial charge in [0.05, 0.1) is 35.3 Å². The van der Waals surface area contributed by atoms with Crippen LogP contribution in [0.1, 0.15) is 117 Å². The molecular formula is C37H64LiN3O10. The molecule has 4 rings (SSSR count). The summed E-state index contributed by atoms with van der Waals surface area (Å²) in [6, 6.07) is 4.28. The van der Waals surface area contributed by atoms with E-state index in [0.717, 1.165) is 19.3 Å². The van der Waals surface area contributed by atoms with Crippen LogP contribution in [0.25, 0.3) is 0 Å². The molecule has 4 fully saturated rings. The predicted molar refractivity (Wildman–Crippen MR) is 188 cm³/mol. The first-order chi connectivity index (χ1) is 20.7. The molecule has 0 bridgehead atoms. The van der Waals surface area contributed by atoms with Gasteiger partial charge in [-0.05, 0) is 84.0 Å². The number of carboxylic acid groups (broad SMARTS) is 2. The smallest absolute Gasteiger partial charge is 0.870 e. The van der Waals surface area contributed by atoms with E-state index in [-0.39, 0.29) is 120 Å². The third kappa shape index (κ3) is 14.5. The van der Waals surface area contributed by atoms with Crippen molar-refractivity contribution in [2.45, 2.75) is 117 Å². The van der Waals surface area contributed by atoms with E-state index in [1.807, 2.05) is 41.5 Å². The van der Waals surface area contributed by atoms with E-state index in [9.17, 15) is 28.8 Å². The zero-order valence-electron chi connectivity index (χ0n) is 31.2. The molecule has 288 valence electrons. The Balaban J connectivity index is -0.000000179. The molecule has 0 aromatic heterocycles. The molecule has 0 saturated heterocycles. The third-order valence-corrected chi connectivity index (χ3v) is 11.2. The number of rotatable bonds is 10. The molecule has 0 aliphatic heterocycles. The molecule has 0 heterocycles. The number of primary amides is 1. The van der Waals surface area contributed by atoms with Gasteiger partial charge >= 0.3 is 30.8 Å². The number of ketones is 3. The van der Waals surface area contributed by atoms with Gasteiger partial charge in [0, 0.05) is 22.2 Å². The average Bonchev–Trinajstić information content (AvgIpc) is 3.76. The van der Waals surface area contributed by atoms with Gasteiger partial charge < -0.3 is 26.9 Å². The van der Waals surface area contributed by atoms with Crippen molar-refractivity contribution in [1.29, 1.82) is 10.5 Å². The van der Waals surface area contributed by atoms with Crippen LogP contribution in [-0.2, 0) is 28.8 Å². The summed E-state index contributed by atoms with van der Waals surface area (Å²) < 4.78 is 0. The molecular weight excluding hydrogens is 653 g/mol. The van der Waals surface area contributed by atoms with Crippen molar-refractivity contribution in [3.63, 3.8) is 0 Å². The van der Waals surface area contributed by atoms with E-state index in [0.29, 0.717) is 12.3 Å². The molecule has 0 aromatic rings. The summed E-state index contributed by atoms with van der Waals surface area (Å²) in [6.07, 6.45) is 3.09. The molecule has 4 saturated carbocycles. The summed E-state index contributed by atoms with van der Waals surface area (Å²) in [6.45, 7) is 19.3. The molecule has 4 aliphatic carbocycles. The van der Waals surface area contributed by atoms with Crippen molar-refractivity contribution in [2.75, 3.05) is 0 Å². The van der Waals surface area contributed by atoms with Crippen LogP contribution in [-0.4, -0.2) is 56.4 Å². The van der Waals surface area contributed by atoms with Crippen LogP contribution in [0, 0.1) is 91.7 Å². The Hall–Kier alpha value is -3.08. The van der Waals surface area contributed by atoms with Crippen LogP contribution in [0.5, 0.6) is 0 Å². The molecule has 8 unspecified atom stereocenters. The van der Waals surface area contributed by atoms with Gasteiger partial charge in [-0.1, -0.05) is 56.4 Å². The number of hydrogen-bond donors (Lipinski definition) is 3. The van der Waals surface area contributed by atoms with Crippen LogP contribution in [0.2, 0.25) is 0 Å². The predicted octanol–water partition coefficient (Wildman–Crippen LogP) is 2.34. The first kappa shape index (κ1) is 57.3. The number of nitrogens with zero attached hydrogens (tertiary/aromatic N) is 2. The van der Waals surface area contributed by atoms with Gasteiger partial charge in [-0.2, -0.15) is 10.5 Å². The molecule has 14 heteroatoms. The summed E-state index contributed by atoms with van der Waals surface area (Å²) in [7, 11) is 0. The molecule has 1 amide bonds. The van der Waals surface area contributed by atoms with E-state index in [2.05, 4.69) is 12.1 Å². The number of carbonyl (C=O) groups excluding carboxylic acids is 4. The van der Waals surface area contributed by atoms with Crippen LogP contribution in [0.4, 0.5) is 0 Å². The van der Waals surface area contributed by atoms with Gasteiger partial charge in [0.1, 0.15) is 17.3 Å². The Bertz CT molecular complexity index is 1230. The fraction of sp³-hybridized carbons (Fsp3) is 0.784. The maximum absolute atomic E-state index is 11.2. The number of hydrogen-bond acceptors (Lipinski definition) is 9. The number of nitrogens with two attached hydrogens (primary N) is 1. The summed E-state index contributed by atoms with van der Waals surface area (Å²) in [5, 5.41) is 34.5. The topological polar surface area (TPSA) is 278 Å². The van der Waals surface area contributed by atoms with Gasteiger partial charge in [0.25, 0.3) is 0 Å². The number of carbonyl (C=O) groups is 6. The number of amides is 1. The summed E-state index contributed by atoms with van der Waals surface area (Å²) >= 11 is 0. The van der Waals surface area contributed by atoms with Gasteiger partial charge in [0.2, 0.25) is 5.91 Å². The zero-order valence-corrected chi connectivity index (χ0v) is 31.2. The van der Waals surface area contributed by atoms with Gasteiger partial charge in [-0.3, -0.25) is 28.8 Å². The Morgan fingerprint density at radius 1 is 0.588 bits per heavy atom. The Kier molecular flexibility index (Phi) is 23.4. The number of Topliss-reactive ketones (excluding diaryl/α,β-unsaturated/α-hetero) is 3. The SMILES string of the molecule is C.C.CC(=O)C(C)(C)C1CC1C#N.CC(=O)C(C)(C)C1CC1C(=O)O.CC(=O)C(C)(C)C1CC1C(N)=O.CC(C)(C(=O)O)C1CC1C#N.O.[Li+].[OH-]. The Labute approximate surface area is 317 Å². The normalized spacial score (nSPS) is 25.9. The minimum absolute atomic E-state index is 0. The number of carboxylic acids is 2. The van der Waals surface area contributed by atoms with Crippen molar-refractivity contribution < 1.29 is 68.8 Å². The van der Waals surface area contributed by atoms with Crippen molar-refractivity contribution in [3.05, 3.63) is 0 Å². The Morgan fingerprint density at radius 3 is 1.06 bits per heavy atom. The van der Waals surface area contributed by atoms with E-state index < -0.39 is 22.8 Å². The first-order valence-electron chi connectivity index (χ1n) is 15.8. The minimum Gasteiger partial charge on any atom is -0.870 e. The standard InChI is InChI=1S/C9H15NO2.C9H13NO.C9H14O3.C8H11NO2.2CH4.Li.2H2O/c1-5(11)9(2,3)7-4-6(7)8(10)12;1-6(11)9(2,3)8-4-7(8)5-10;1-5(10)9(2,3)7-4-6(7)8(11)12;1-8(2,7(10)11)6-3-5(6)4-9;;;;;/h6-7H,4H2,1-3H3,(H2,10,12);7-8H,4H2,1-3H3;6-7H,4H2,1-3H3,(H,11,12);5-6H,3H2,1-2H3,(H,10,11);2*1H4;;2*1H2/q;;;;;;+1;;/p-1. The van der Waals surface area contributed by atoms with Crippen molar-refractivity contribution in [2.24, 2.45) is 74.7 Å². The summed E-state index contributed by atoms with van der Waals surface area (Å²) in [5.74, 6) is -1.09. The average molecular weight is 718 g/mol. The van der Waals surface area contributed by atoms with Crippen LogP contribution >= 0.6 is 0 Å². The van der Waals surface area contributed by atoms with Crippen LogP contribution in [0.15, 0.2) is 0 Å². The zero-order chi connectivity index (χ0) is 36.3. The Morgan fingerprint density at radius 2 is 0.863 bits per heavy atom. The summed E-state index contributed by atoms with van der Waals surface area (Å²) in [4.78, 5) is 65.3. The number of aliphatic carboxylic acids is 2. The van der Waals surface area contributed by atoms with E-state index in [1.165, 1.54) is 6.92 Å². The second kappa shape index (κ2) is 20.8. The quantitative estimate of drug-likeness (QED) is 0.276. The minimum atomic E-state index is -0.805. The molecule has 4 aliphatic rings. The molecule has 0 spiro atoms. The molecule has 7 N–H and O–H groups in total. The monoisotopic (exact) mass is 717 g/mol. The molecule has 51 heavy (non-hydrogen) atoms. The second-order valence-electron chi connectivity index (χ2n) is 15.7. The molecule has 0 aromatic carbocycles. The van der Waals surface area contributed by atoms with Gasteiger partial charge in [-0.15, -0.1) is 0 Å². The van der Waals surface area contributed by atoms with Crippen LogP contribution < -0.4 is 24.6 Å².